The van der Waals surface area contributed by atoms with Gasteiger partial charge in [0.1, 0.15) is 5.82 Å². The number of halogens is 1. The molecule has 0 bridgehead atoms. The predicted octanol–water partition coefficient (Wildman–Crippen LogP) is 3.63. The average molecular weight is 288 g/mol. The van der Waals surface area contributed by atoms with E-state index in [9.17, 15) is 14.5 Å². The van der Waals surface area contributed by atoms with Crippen LogP contribution in [0.2, 0.25) is 0 Å². The lowest BCUT2D eigenvalue weighted by Crippen LogP contribution is -2.23. The Morgan fingerprint density at radius 2 is 1.86 bits per heavy atom. The van der Waals surface area contributed by atoms with Gasteiger partial charge in [0.05, 0.1) is 4.92 Å². The minimum absolute atomic E-state index is 0.0864. The van der Waals surface area contributed by atoms with E-state index in [1.807, 2.05) is 6.92 Å². The molecular weight excluding hydrogens is 271 g/mol. The van der Waals surface area contributed by atoms with Gasteiger partial charge in [0, 0.05) is 17.7 Å². The first-order valence-corrected chi connectivity index (χ1v) is 6.83. The molecule has 0 spiro atoms. The van der Waals surface area contributed by atoms with Crippen molar-refractivity contribution >= 4 is 5.69 Å². The van der Waals surface area contributed by atoms with E-state index in [1.165, 1.54) is 18.2 Å². The van der Waals surface area contributed by atoms with E-state index in [2.05, 4.69) is 5.32 Å². The molecule has 2 aromatic rings. The van der Waals surface area contributed by atoms with E-state index >= 15 is 0 Å². The molecule has 5 heteroatoms. The first-order chi connectivity index (χ1) is 10.1. The number of likely N-dealkylation sites (N-methyl/N-ethyl adjacent to an activating group) is 1. The Morgan fingerprint density at radius 1 is 1.19 bits per heavy atom. The van der Waals surface area contributed by atoms with Crippen LogP contribution in [0.25, 0.3) is 0 Å². The number of rotatable bonds is 6. The fraction of sp³-hybridized carbons (Fsp3) is 0.250. The highest BCUT2D eigenvalue weighted by atomic mass is 19.1. The molecule has 110 valence electrons. The molecule has 0 radical (unpaired) electrons. The maximum absolute atomic E-state index is 13.0. The zero-order valence-corrected chi connectivity index (χ0v) is 11.8. The van der Waals surface area contributed by atoms with E-state index in [-0.39, 0.29) is 22.5 Å². The van der Waals surface area contributed by atoms with Crippen molar-refractivity contribution in [2.45, 2.75) is 19.4 Å². The lowest BCUT2D eigenvalue weighted by molar-refractivity contribution is -0.385. The molecule has 0 aromatic heterocycles. The Hall–Kier alpha value is -2.27. The molecule has 21 heavy (non-hydrogen) atoms. The van der Waals surface area contributed by atoms with Crippen molar-refractivity contribution in [2.75, 3.05) is 6.54 Å². The molecule has 1 atom stereocenters. The predicted molar refractivity (Wildman–Crippen MR) is 79.6 cm³/mol. The largest absolute Gasteiger partial charge is 0.310 e. The maximum atomic E-state index is 13.0. The molecule has 0 saturated heterocycles. The van der Waals surface area contributed by atoms with Gasteiger partial charge in [-0.1, -0.05) is 37.3 Å². The summed E-state index contributed by atoms with van der Waals surface area (Å²) in [7, 11) is 0. The summed E-state index contributed by atoms with van der Waals surface area (Å²) in [4.78, 5) is 10.7. The molecule has 2 aromatic carbocycles. The van der Waals surface area contributed by atoms with Crippen molar-refractivity contribution < 1.29 is 9.31 Å². The molecule has 4 nitrogen and oxygen atoms in total. The van der Waals surface area contributed by atoms with Gasteiger partial charge in [-0.05, 0) is 30.7 Å². The molecule has 0 aliphatic rings. The Labute approximate surface area is 122 Å². The summed E-state index contributed by atoms with van der Waals surface area (Å²) in [5, 5.41) is 14.4. The Morgan fingerprint density at radius 3 is 2.48 bits per heavy atom. The normalized spacial score (nSPS) is 12.1. The molecule has 1 N–H and O–H groups in total. The Bertz CT molecular complexity index is 614. The number of benzene rings is 2. The zero-order chi connectivity index (χ0) is 15.2. The minimum Gasteiger partial charge on any atom is -0.310 e. The van der Waals surface area contributed by atoms with E-state index in [0.717, 1.165) is 12.1 Å². The van der Waals surface area contributed by atoms with Gasteiger partial charge in [0.25, 0.3) is 5.69 Å². The third kappa shape index (κ3) is 3.86. The number of nitrogens with zero attached hydrogens (tertiary/aromatic N) is 1. The molecule has 0 amide bonds. The van der Waals surface area contributed by atoms with Gasteiger partial charge in [-0.15, -0.1) is 0 Å². The zero-order valence-electron chi connectivity index (χ0n) is 11.8. The monoisotopic (exact) mass is 288 g/mol. The van der Waals surface area contributed by atoms with Gasteiger partial charge in [-0.2, -0.15) is 0 Å². The van der Waals surface area contributed by atoms with Crippen molar-refractivity contribution in [3.63, 3.8) is 0 Å². The van der Waals surface area contributed by atoms with E-state index in [4.69, 9.17) is 0 Å². The number of nitro groups is 1. The summed E-state index contributed by atoms with van der Waals surface area (Å²) in [6.07, 6.45) is 0.483. The molecule has 0 fully saturated rings. The lowest BCUT2D eigenvalue weighted by Gasteiger charge is -2.18. The van der Waals surface area contributed by atoms with Gasteiger partial charge in [-0.3, -0.25) is 10.1 Å². The van der Waals surface area contributed by atoms with Crippen molar-refractivity contribution in [3.05, 3.63) is 75.6 Å². The fourth-order valence-corrected chi connectivity index (χ4v) is 2.33. The van der Waals surface area contributed by atoms with E-state index < -0.39 is 0 Å². The summed E-state index contributed by atoms with van der Waals surface area (Å²) in [5.41, 5.74) is 1.69. The maximum Gasteiger partial charge on any atom is 0.272 e. The molecule has 0 heterocycles. The number of para-hydroxylation sites is 1. The summed E-state index contributed by atoms with van der Waals surface area (Å²) < 4.78 is 13.0. The quantitative estimate of drug-likeness (QED) is 0.652. The highest BCUT2D eigenvalue weighted by Crippen LogP contribution is 2.25. The number of nitro benzene ring substituents is 1. The van der Waals surface area contributed by atoms with Crippen LogP contribution in [0.4, 0.5) is 10.1 Å². The second kappa shape index (κ2) is 6.95. The second-order valence-corrected chi connectivity index (χ2v) is 4.75. The van der Waals surface area contributed by atoms with Crippen LogP contribution in [0.1, 0.15) is 24.1 Å². The van der Waals surface area contributed by atoms with E-state index in [0.29, 0.717) is 12.0 Å². The summed E-state index contributed by atoms with van der Waals surface area (Å²) in [6.45, 7) is 2.69. The molecule has 0 saturated carbocycles. The van der Waals surface area contributed by atoms with Crippen molar-refractivity contribution in [2.24, 2.45) is 0 Å². The van der Waals surface area contributed by atoms with Gasteiger partial charge < -0.3 is 5.32 Å². The van der Waals surface area contributed by atoms with Crippen LogP contribution in [-0.4, -0.2) is 11.5 Å². The summed E-state index contributed by atoms with van der Waals surface area (Å²) in [6, 6.07) is 12.8. The van der Waals surface area contributed by atoms with Crippen molar-refractivity contribution in [1.82, 2.24) is 5.32 Å². The third-order valence-electron chi connectivity index (χ3n) is 3.34. The van der Waals surface area contributed by atoms with Crippen molar-refractivity contribution in [3.8, 4) is 0 Å². The van der Waals surface area contributed by atoms with E-state index in [1.54, 1.807) is 30.3 Å². The smallest absolute Gasteiger partial charge is 0.272 e. The number of hydrogen-bond acceptors (Lipinski definition) is 3. The van der Waals surface area contributed by atoms with Crippen LogP contribution in [0.15, 0.2) is 48.5 Å². The van der Waals surface area contributed by atoms with Gasteiger partial charge in [0.15, 0.2) is 0 Å². The number of nitrogens with one attached hydrogen (secondary N) is 1. The van der Waals surface area contributed by atoms with Gasteiger partial charge in [0.2, 0.25) is 0 Å². The van der Waals surface area contributed by atoms with Crippen molar-refractivity contribution in [1.29, 1.82) is 0 Å². The molecule has 0 aliphatic heterocycles. The minimum atomic E-state index is -0.372. The summed E-state index contributed by atoms with van der Waals surface area (Å²) in [5.74, 6) is -0.292. The first-order valence-electron chi connectivity index (χ1n) is 6.83. The van der Waals surface area contributed by atoms with Gasteiger partial charge in [-0.25, -0.2) is 4.39 Å². The highest BCUT2D eigenvalue weighted by molar-refractivity contribution is 5.41. The molecule has 1 unspecified atom stereocenters. The van der Waals surface area contributed by atoms with Crippen LogP contribution >= 0.6 is 0 Å². The average Bonchev–Trinajstić information content (AvgIpc) is 2.48. The third-order valence-corrected chi connectivity index (χ3v) is 3.34. The molecule has 2 rings (SSSR count). The van der Waals surface area contributed by atoms with Gasteiger partial charge >= 0.3 is 0 Å². The fourth-order valence-electron chi connectivity index (χ4n) is 2.33. The van der Waals surface area contributed by atoms with Crippen LogP contribution in [0, 0.1) is 15.9 Å². The van der Waals surface area contributed by atoms with Crippen LogP contribution in [0.5, 0.6) is 0 Å². The first kappa shape index (κ1) is 15.1. The lowest BCUT2D eigenvalue weighted by atomic mass is 9.97. The second-order valence-electron chi connectivity index (χ2n) is 4.75. The highest BCUT2D eigenvalue weighted by Gasteiger charge is 2.18. The standard InChI is InChI=1S/C16H17FN2O2/c1-2-18-15(12-7-9-14(17)10-8-12)11-13-5-3-4-6-16(13)19(20)21/h3-10,15,18H,2,11H2,1H3. The van der Waals surface area contributed by atoms with Crippen LogP contribution in [0.3, 0.4) is 0 Å². The molecule has 0 aliphatic carbocycles. The Balaban J connectivity index is 2.28. The summed E-state index contributed by atoms with van der Waals surface area (Å²) >= 11 is 0. The number of hydrogen-bond donors (Lipinski definition) is 1. The van der Waals surface area contributed by atoms with Crippen LogP contribution in [-0.2, 0) is 6.42 Å². The topological polar surface area (TPSA) is 55.2 Å². The molecular formula is C16H17FN2O2. The van der Waals surface area contributed by atoms with Crippen LogP contribution < -0.4 is 5.32 Å². The SMILES string of the molecule is CCNC(Cc1ccccc1[N+](=O)[O-])c1ccc(F)cc1. The Kier molecular flexibility index (Phi) is 5.00.